The van der Waals surface area contributed by atoms with Gasteiger partial charge >= 0.3 is 0 Å². The Bertz CT molecular complexity index is 528. The summed E-state index contributed by atoms with van der Waals surface area (Å²) in [7, 11) is 1.88. The molecule has 2 rings (SSSR count). The summed E-state index contributed by atoms with van der Waals surface area (Å²) in [5, 5.41) is 0.485. The van der Waals surface area contributed by atoms with Crippen molar-refractivity contribution in [1.82, 2.24) is 14.5 Å². The Labute approximate surface area is 89.0 Å². The van der Waals surface area contributed by atoms with E-state index >= 15 is 0 Å². The van der Waals surface area contributed by atoms with Crippen LogP contribution in [0.5, 0.6) is 0 Å². The molecule has 0 fully saturated rings. The van der Waals surface area contributed by atoms with Gasteiger partial charge in [-0.25, -0.2) is 9.97 Å². The van der Waals surface area contributed by atoms with Crippen molar-refractivity contribution in [1.29, 1.82) is 0 Å². The molecule has 0 aliphatic heterocycles. The van der Waals surface area contributed by atoms with Crippen LogP contribution in [0, 0.1) is 10.9 Å². The van der Waals surface area contributed by atoms with Crippen molar-refractivity contribution >= 4 is 45.5 Å². The lowest BCUT2D eigenvalue weighted by Crippen LogP contribution is -1.93. The molecule has 0 aliphatic rings. The number of hydrogen-bond donors (Lipinski definition) is 0. The number of rotatable bonds is 0. The highest BCUT2D eigenvalue weighted by Crippen LogP contribution is 2.26. The molecule has 0 aliphatic carbocycles. The van der Waals surface area contributed by atoms with Gasteiger partial charge in [-0.2, -0.15) is 0 Å². The zero-order chi connectivity index (χ0) is 9.59. The van der Waals surface area contributed by atoms with Crippen LogP contribution in [-0.2, 0) is 7.05 Å². The van der Waals surface area contributed by atoms with Crippen LogP contribution >= 0.6 is 35.2 Å². The molecule has 0 aromatic carbocycles. The van der Waals surface area contributed by atoms with E-state index in [4.69, 9.17) is 23.8 Å². The van der Waals surface area contributed by atoms with Crippen LogP contribution in [0.15, 0.2) is 0 Å². The highest BCUT2D eigenvalue weighted by molar-refractivity contribution is 7.73. The van der Waals surface area contributed by atoms with E-state index in [1.807, 2.05) is 18.5 Å². The third kappa shape index (κ3) is 1.37. The van der Waals surface area contributed by atoms with Gasteiger partial charge in [-0.1, -0.05) is 22.9 Å². The van der Waals surface area contributed by atoms with Gasteiger partial charge in [0.25, 0.3) is 0 Å². The van der Waals surface area contributed by atoms with Gasteiger partial charge in [0.2, 0.25) is 0 Å². The van der Waals surface area contributed by atoms with Crippen molar-refractivity contribution in [3.05, 3.63) is 14.9 Å². The minimum atomic E-state index is 0.485. The number of halogens is 1. The number of fused-ring (bicyclic) bond motifs is 1. The average Bonchev–Trinajstić information content (AvgIpc) is 2.32. The van der Waals surface area contributed by atoms with Crippen LogP contribution in [0.2, 0.25) is 5.15 Å². The fourth-order valence-electron chi connectivity index (χ4n) is 1.07. The molecule has 0 radical (unpaired) electrons. The lowest BCUT2D eigenvalue weighted by Gasteiger charge is -1.96. The molecule has 0 amide bonds. The van der Waals surface area contributed by atoms with E-state index in [1.165, 1.54) is 11.3 Å². The first-order valence-corrected chi connectivity index (χ1v) is 5.19. The predicted octanol–water partition coefficient (Wildman–Crippen LogP) is 2.72. The maximum atomic E-state index is 5.95. The topological polar surface area (TPSA) is 30.7 Å². The SMILES string of the molecule is Cc1nc(Cl)c2sc(=S)n(C)c2n1. The number of thiazole rings is 1. The van der Waals surface area contributed by atoms with Crippen LogP contribution in [0.1, 0.15) is 5.82 Å². The van der Waals surface area contributed by atoms with E-state index in [9.17, 15) is 0 Å². The van der Waals surface area contributed by atoms with Gasteiger partial charge in [-0.3, -0.25) is 0 Å². The van der Waals surface area contributed by atoms with Crippen molar-refractivity contribution in [2.45, 2.75) is 6.92 Å². The van der Waals surface area contributed by atoms with E-state index in [1.54, 1.807) is 0 Å². The standard InChI is InChI=1S/C7H6ClN3S2/c1-3-9-5(8)4-6(10-3)11(2)7(12)13-4/h1-2H3. The molecule has 3 nitrogen and oxygen atoms in total. The van der Waals surface area contributed by atoms with Crippen molar-refractivity contribution in [3.8, 4) is 0 Å². The quantitative estimate of drug-likeness (QED) is 0.516. The third-order valence-electron chi connectivity index (χ3n) is 1.70. The van der Waals surface area contributed by atoms with Gasteiger partial charge in [0.05, 0.1) is 0 Å². The monoisotopic (exact) mass is 231 g/mol. The second-order valence-corrected chi connectivity index (χ2v) is 4.64. The number of aryl methyl sites for hydroxylation is 2. The van der Waals surface area contributed by atoms with Crippen LogP contribution in [0.4, 0.5) is 0 Å². The van der Waals surface area contributed by atoms with Gasteiger partial charge in [0.1, 0.15) is 10.5 Å². The fourth-order valence-corrected chi connectivity index (χ4v) is 2.53. The average molecular weight is 232 g/mol. The van der Waals surface area contributed by atoms with E-state index in [-0.39, 0.29) is 0 Å². The molecule has 0 N–H and O–H groups in total. The smallest absolute Gasteiger partial charge is 0.163 e. The molecule has 2 aromatic rings. The molecule has 0 saturated heterocycles. The van der Waals surface area contributed by atoms with Crippen LogP contribution in [-0.4, -0.2) is 14.5 Å². The Morgan fingerprint density at radius 1 is 1.46 bits per heavy atom. The third-order valence-corrected chi connectivity index (χ3v) is 3.64. The van der Waals surface area contributed by atoms with E-state index in [0.717, 1.165) is 14.3 Å². The second-order valence-electron chi connectivity index (χ2n) is 2.64. The minimum absolute atomic E-state index is 0.485. The highest BCUT2D eigenvalue weighted by atomic mass is 35.5. The minimum Gasteiger partial charge on any atom is -0.311 e. The molecule has 0 spiro atoms. The van der Waals surface area contributed by atoms with Crippen molar-refractivity contribution in [3.63, 3.8) is 0 Å². The maximum Gasteiger partial charge on any atom is 0.163 e. The summed E-state index contributed by atoms with van der Waals surface area (Å²) < 4.78 is 3.46. The van der Waals surface area contributed by atoms with Crippen molar-refractivity contribution < 1.29 is 0 Å². The summed E-state index contributed by atoms with van der Waals surface area (Å²) in [5.74, 6) is 0.668. The Balaban J connectivity index is 3.03. The number of aromatic nitrogens is 3. The molecule has 0 saturated carbocycles. The summed E-state index contributed by atoms with van der Waals surface area (Å²) >= 11 is 12.5. The lowest BCUT2D eigenvalue weighted by molar-refractivity contribution is 0.926. The lowest BCUT2D eigenvalue weighted by atomic mass is 10.5. The highest BCUT2D eigenvalue weighted by Gasteiger charge is 2.08. The van der Waals surface area contributed by atoms with Gasteiger partial charge < -0.3 is 4.57 Å². The van der Waals surface area contributed by atoms with Gasteiger partial charge in [0, 0.05) is 7.05 Å². The van der Waals surface area contributed by atoms with Crippen molar-refractivity contribution in [2.75, 3.05) is 0 Å². The van der Waals surface area contributed by atoms with E-state index in [0.29, 0.717) is 11.0 Å². The summed E-state index contributed by atoms with van der Waals surface area (Å²) in [5.41, 5.74) is 0.813. The Hall–Kier alpha value is -0.520. The van der Waals surface area contributed by atoms with E-state index in [2.05, 4.69) is 9.97 Å². The molecule has 0 atom stereocenters. The fraction of sp³-hybridized carbons (Fsp3) is 0.286. The first-order chi connectivity index (χ1) is 6.09. The van der Waals surface area contributed by atoms with E-state index < -0.39 is 0 Å². The summed E-state index contributed by atoms with van der Waals surface area (Å²) in [6.45, 7) is 1.81. The normalized spacial score (nSPS) is 11.0. The molecular formula is C7H6ClN3S2. The first kappa shape index (κ1) is 9.05. The maximum absolute atomic E-state index is 5.95. The van der Waals surface area contributed by atoms with Crippen LogP contribution in [0.25, 0.3) is 10.3 Å². The van der Waals surface area contributed by atoms with Crippen LogP contribution < -0.4 is 0 Å². The molecule has 13 heavy (non-hydrogen) atoms. The Morgan fingerprint density at radius 3 is 2.85 bits per heavy atom. The zero-order valence-corrected chi connectivity index (χ0v) is 9.43. The largest absolute Gasteiger partial charge is 0.311 e. The predicted molar refractivity (Wildman–Crippen MR) is 57.0 cm³/mol. The molecule has 6 heteroatoms. The summed E-state index contributed by atoms with van der Waals surface area (Å²) in [6.07, 6.45) is 0. The number of nitrogens with zero attached hydrogens (tertiary/aromatic N) is 3. The van der Waals surface area contributed by atoms with Gasteiger partial charge in [0.15, 0.2) is 14.8 Å². The second kappa shape index (κ2) is 3.01. The molecule has 0 bridgehead atoms. The van der Waals surface area contributed by atoms with Crippen LogP contribution in [0.3, 0.4) is 0 Å². The molecule has 0 unspecified atom stereocenters. The summed E-state index contributed by atoms with van der Waals surface area (Å²) in [6, 6.07) is 0. The van der Waals surface area contributed by atoms with Gasteiger partial charge in [-0.15, -0.1) is 0 Å². The van der Waals surface area contributed by atoms with Gasteiger partial charge in [-0.05, 0) is 19.1 Å². The summed E-state index contributed by atoms with van der Waals surface area (Å²) in [4.78, 5) is 8.33. The zero-order valence-electron chi connectivity index (χ0n) is 7.04. The van der Waals surface area contributed by atoms with Crippen molar-refractivity contribution in [2.24, 2.45) is 7.05 Å². The molecule has 68 valence electrons. The molecular weight excluding hydrogens is 226 g/mol. The Kier molecular flexibility index (Phi) is 2.09. The molecule has 2 heterocycles. The molecule has 2 aromatic heterocycles. The number of hydrogen-bond acceptors (Lipinski definition) is 4. The Morgan fingerprint density at radius 2 is 2.15 bits per heavy atom. The first-order valence-electron chi connectivity index (χ1n) is 3.59.